The zero-order chi connectivity index (χ0) is 14.4. The molecule has 2 rings (SSSR count). The Kier molecular flexibility index (Phi) is 4.98. The third kappa shape index (κ3) is 3.98. The molecule has 1 saturated heterocycles. The van der Waals surface area contributed by atoms with Crippen LogP contribution in [-0.2, 0) is 9.59 Å². The van der Waals surface area contributed by atoms with E-state index in [2.05, 4.69) is 5.32 Å². The van der Waals surface area contributed by atoms with Crippen LogP contribution in [0.4, 0.5) is 5.69 Å². The molecule has 0 atom stereocenters. The van der Waals surface area contributed by atoms with Gasteiger partial charge in [0.15, 0.2) is 0 Å². The molecule has 20 heavy (non-hydrogen) atoms. The van der Waals surface area contributed by atoms with Crippen molar-refractivity contribution in [3.8, 4) is 0 Å². The number of hydrogen-bond donors (Lipinski definition) is 1. The van der Waals surface area contributed by atoms with Crippen LogP contribution >= 0.6 is 0 Å². The molecule has 0 unspecified atom stereocenters. The number of amides is 2. The van der Waals surface area contributed by atoms with E-state index in [4.69, 9.17) is 0 Å². The summed E-state index contributed by atoms with van der Waals surface area (Å²) in [5, 5.41) is 3.05. The Morgan fingerprint density at radius 3 is 2.50 bits per heavy atom. The van der Waals surface area contributed by atoms with Crippen molar-refractivity contribution in [3.63, 3.8) is 0 Å². The minimum absolute atomic E-state index is 0.0399. The topological polar surface area (TPSA) is 52.7 Å². The van der Waals surface area contributed by atoms with Gasteiger partial charge in [-0.25, -0.2) is 0 Å². The SMILES string of the molecule is CN(CC(=O)N1CCCC1)C(=O)CNc1ccccc1. The second kappa shape index (κ2) is 6.93. The first kappa shape index (κ1) is 14.4. The fourth-order valence-electron chi connectivity index (χ4n) is 2.23. The standard InChI is InChI=1S/C15H21N3O2/c1-17(12-15(20)18-9-5-6-10-18)14(19)11-16-13-7-3-2-4-8-13/h2-4,7-8,16H,5-6,9-12H2,1H3. The Bertz CT molecular complexity index is 455. The maximum Gasteiger partial charge on any atom is 0.242 e. The van der Waals surface area contributed by atoms with Crippen LogP contribution in [-0.4, -0.2) is 54.8 Å². The number of nitrogens with zero attached hydrogens (tertiary/aromatic N) is 2. The highest BCUT2D eigenvalue weighted by atomic mass is 16.2. The molecule has 0 spiro atoms. The summed E-state index contributed by atoms with van der Waals surface area (Å²) in [7, 11) is 1.67. The zero-order valence-corrected chi connectivity index (χ0v) is 11.8. The minimum atomic E-state index is -0.0820. The summed E-state index contributed by atoms with van der Waals surface area (Å²) < 4.78 is 0. The Morgan fingerprint density at radius 2 is 1.85 bits per heavy atom. The predicted molar refractivity (Wildman–Crippen MR) is 78.4 cm³/mol. The lowest BCUT2D eigenvalue weighted by Crippen LogP contribution is -2.41. The van der Waals surface area contributed by atoms with Crippen molar-refractivity contribution in [2.45, 2.75) is 12.8 Å². The normalized spacial score (nSPS) is 14.2. The summed E-state index contributed by atoms with van der Waals surface area (Å²) in [6.07, 6.45) is 2.14. The zero-order valence-electron chi connectivity index (χ0n) is 11.8. The number of likely N-dealkylation sites (tertiary alicyclic amines) is 1. The van der Waals surface area contributed by atoms with Crippen LogP contribution < -0.4 is 5.32 Å². The van der Waals surface area contributed by atoms with Crippen molar-refractivity contribution in [1.82, 2.24) is 9.80 Å². The number of benzene rings is 1. The van der Waals surface area contributed by atoms with Crippen LogP contribution in [0.1, 0.15) is 12.8 Å². The molecule has 1 heterocycles. The highest BCUT2D eigenvalue weighted by Gasteiger charge is 2.20. The lowest BCUT2D eigenvalue weighted by molar-refractivity contribution is -0.137. The minimum Gasteiger partial charge on any atom is -0.376 e. The van der Waals surface area contributed by atoms with Gasteiger partial charge in [0.05, 0.1) is 13.1 Å². The lowest BCUT2D eigenvalue weighted by Gasteiger charge is -2.21. The largest absolute Gasteiger partial charge is 0.376 e. The summed E-state index contributed by atoms with van der Waals surface area (Å²) >= 11 is 0. The van der Waals surface area contributed by atoms with Gasteiger partial charge in [-0.2, -0.15) is 0 Å². The highest BCUT2D eigenvalue weighted by molar-refractivity contribution is 5.86. The first-order valence-electron chi connectivity index (χ1n) is 6.97. The molecule has 5 heteroatoms. The molecule has 0 saturated carbocycles. The van der Waals surface area contributed by atoms with E-state index in [1.807, 2.05) is 35.2 Å². The molecule has 0 radical (unpaired) electrons. The monoisotopic (exact) mass is 275 g/mol. The van der Waals surface area contributed by atoms with Crippen molar-refractivity contribution < 1.29 is 9.59 Å². The van der Waals surface area contributed by atoms with Gasteiger partial charge >= 0.3 is 0 Å². The average Bonchev–Trinajstić information content (AvgIpc) is 3.00. The molecule has 0 aromatic heterocycles. The third-order valence-corrected chi connectivity index (χ3v) is 3.47. The first-order valence-corrected chi connectivity index (χ1v) is 6.97. The van der Waals surface area contributed by atoms with Gasteiger partial charge in [0.1, 0.15) is 0 Å². The average molecular weight is 275 g/mol. The molecule has 5 nitrogen and oxygen atoms in total. The van der Waals surface area contributed by atoms with E-state index >= 15 is 0 Å². The van der Waals surface area contributed by atoms with E-state index in [1.165, 1.54) is 4.90 Å². The fourth-order valence-corrected chi connectivity index (χ4v) is 2.23. The van der Waals surface area contributed by atoms with E-state index in [0.29, 0.717) is 0 Å². The highest BCUT2D eigenvalue weighted by Crippen LogP contribution is 2.08. The Morgan fingerprint density at radius 1 is 1.20 bits per heavy atom. The third-order valence-electron chi connectivity index (χ3n) is 3.47. The van der Waals surface area contributed by atoms with Gasteiger partial charge in [-0.15, -0.1) is 0 Å². The van der Waals surface area contributed by atoms with E-state index in [9.17, 15) is 9.59 Å². The van der Waals surface area contributed by atoms with Crippen LogP contribution in [0.2, 0.25) is 0 Å². The number of anilines is 1. The number of carbonyl (C=O) groups excluding carboxylic acids is 2. The molecular formula is C15H21N3O2. The number of nitrogens with one attached hydrogen (secondary N) is 1. The predicted octanol–water partition coefficient (Wildman–Crippen LogP) is 1.18. The number of para-hydroxylation sites is 1. The molecule has 1 aromatic rings. The maximum absolute atomic E-state index is 12.0. The van der Waals surface area contributed by atoms with Crippen molar-refractivity contribution in [2.24, 2.45) is 0 Å². The van der Waals surface area contributed by atoms with Gasteiger partial charge in [0.25, 0.3) is 0 Å². The van der Waals surface area contributed by atoms with Gasteiger partial charge in [-0.1, -0.05) is 18.2 Å². The maximum atomic E-state index is 12.0. The summed E-state index contributed by atoms with van der Waals surface area (Å²) in [6, 6.07) is 9.56. The molecule has 0 aliphatic carbocycles. The quantitative estimate of drug-likeness (QED) is 0.878. The molecule has 1 fully saturated rings. The smallest absolute Gasteiger partial charge is 0.242 e. The Balaban J connectivity index is 1.75. The van der Waals surface area contributed by atoms with E-state index in [0.717, 1.165) is 31.6 Å². The number of hydrogen-bond acceptors (Lipinski definition) is 3. The van der Waals surface area contributed by atoms with Crippen molar-refractivity contribution >= 4 is 17.5 Å². The fraction of sp³-hybridized carbons (Fsp3) is 0.467. The molecule has 1 N–H and O–H groups in total. The summed E-state index contributed by atoms with van der Waals surface area (Å²) in [5.41, 5.74) is 0.903. The summed E-state index contributed by atoms with van der Waals surface area (Å²) in [6.45, 7) is 2.01. The van der Waals surface area contributed by atoms with Gasteiger partial charge in [-0.05, 0) is 25.0 Å². The number of rotatable bonds is 5. The van der Waals surface area contributed by atoms with Crippen LogP contribution in [0, 0.1) is 0 Å². The Labute approximate surface area is 119 Å². The Hall–Kier alpha value is -2.04. The van der Waals surface area contributed by atoms with Gasteiger partial charge in [0.2, 0.25) is 11.8 Å². The van der Waals surface area contributed by atoms with Crippen LogP contribution in [0.15, 0.2) is 30.3 Å². The molecule has 1 aliphatic heterocycles. The number of carbonyl (C=O) groups is 2. The second-order valence-corrected chi connectivity index (χ2v) is 5.06. The van der Waals surface area contributed by atoms with Gasteiger partial charge in [0, 0.05) is 25.8 Å². The van der Waals surface area contributed by atoms with Crippen molar-refractivity contribution in [1.29, 1.82) is 0 Å². The molecular weight excluding hydrogens is 254 g/mol. The van der Waals surface area contributed by atoms with Crippen LogP contribution in [0.3, 0.4) is 0 Å². The molecule has 2 amide bonds. The van der Waals surface area contributed by atoms with Crippen LogP contribution in [0.5, 0.6) is 0 Å². The molecule has 1 aromatic carbocycles. The van der Waals surface area contributed by atoms with E-state index in [1.54, 1.807) is 7.05 Å². The van der Waals surface area contributed by atoms with Gasteiger partial charge < -0.3 is 15.1 Å². The molecule has 108 valence electrons. The number of likely N-dealkylation sites (N-methyl/N-ethyl adjacent to an activating group) is 1. The van der Waals surface area contributed by atoms with E-state index in [-0.39, 0.29) is 24.9 Å². The van der Waals surface area contributed by atoms with Crippen molar-refractivity contribution in [2.75, 3.05) is 38.5 Å². The van der Waals surface area contributed by atoms with Crippen molar-refractivity contribution in [3.05, 3.63) is 30.3 Å². The second-order valence-electron chi connectivity index (χ2n) is 5.06. The summed E-state index contributed by atoms with van der Waals surface area (Å²) in [4.78, 5) is 27.2. The van der Waals surface area contributed by atoms with Gasteiger partial charge in [-0.3, -0.25) is 9.59 Å². The van der Waals surface area contributed by atoms with Crippen LogP contribution in [0.25, 0.3) is 0 Å². The molecule has 0 bridgehead atoms. The van der Waals surface area contributed by atoms with E-state index < -0.39 is 0 Å². The molecule has 1 aliphatic rings. The lowest BCUT2D eigenvalue weighted by atomic mass is 10.3. The first-order chi connectivity index (χ1) is 9.66. The summed E-state index contributed by atoms with van der Waals surface area (Å²) in [5.74, 6) is -0.0422.